The van der Waals surface area contributed by atoms with Gasteiger partial charge < -0.3 is 9.47 Å². The molecule has 0 amide bonds. The van der Waals surface area contributed by atoms with Crippen molar-refractivity contribution in [3.63, 3.8) is 0 Å². The van der Waals surface area contributed by atoms with Gasteiger partial charge in [-0.2, -0.15) is 4.39 Å². The molecule has 1 aromatic rings. The molecule has 0 saturated carbocycles. The van der Waals surface area contributed by atoms with Gasteiger partial charge >= 0.3 is 0 Å². The number of halogens is 1. The van der Waals surface area contributed by atoms with E-state index in [0.717, 1.165) is 13.0 Å². The van der Waals surface area contributed by atoms with E-state index in [0.29, 0.717) is 25.0 Å². The molecule has 17 heavy (non-hydrogen) atoms. The Morgan fingerprint density at radius 1 is 1.53 bits per heavy atom. The predicted molar refractivity (Wildman–Crippen MR) is 61.9 cm³/mol. The van der Waals surface area contributed by atoms with Gasteiger partial charge in [0.1, 0.15) is 12.4 Å². The number of likely N-dealkylation sites (N-methyl/N-ethyl adjacent to an activating group) is 1. The van der Waals surface area contributed by atoms with Crippen molar-refractivity contribution >= 4 is 0 Å². The quantitative estimate of drug-likeness (QED) is 0.734. The lowest BCUT2D eigenvalue weighted by molar-refractivity contribution is 0.0765. The fraction of sp³-hybridized carbons (Fsp3) is 0.583. The molecule has 1 atom stereocenters. The van der Waals surface area contributed by atoms with E-state index >= 15 is 0 Å². The molecule has 1 aliphatic rings. The molecule has 0 spiro atoms. The predicted octanol–water partition coefficient (Wildman–Crippen LogP) is 1.70. The van der Waals surface area contributed by atoms with Crippen LogP contribution >= 0.6 is 0 Å². The monoisotopic (exact) mass is 240 g/mol. The average molecular weight is 240 g/mol. The Balaban J connectivity index is 1.93. The van der Waals surface area contributed by atoms with E-state index in [9.17, 15) is 4.39 Å². The maximum Gasteiger partial charge on any atom is 0.255 e. The molecule has 5 heteroatoms. The van der Waals surface area contributed by atoms with Crippen molar-refractivity contribution in [2.75, 3.05) is 26.8 Å². The van der Waals surface area contributed by atoms with Crippen molar-refractivity contribution in [2.24, 2.45) is 0 Å². The number of ether oxygens (including phenoxy) is 2. The highest BCUT2D eigenvalue weighted by molar-refractivity contribution is 5.29. The largest absolute Gasteiger partial charge is 0.490 e. The Morgan fingerprint density at radius 3 is 2.94 bits per heavy atom. The van der Waals surface area contributed by atoms with Crippen LogP contribution in [0, 0.1) is 5.95 Å². The summed E-state index contributed by atoms with van der Waals surface area (Å²) in [5, 5.41) is 0. The minimum Gasteiger partial charge on any atom is -0.490 e. The van der Waals surface area contributed by atoms with Crippen LogP contribution in [-0.2, 0) is 0 Å². The average Bonchev–Trinajstić information content (AvgIpc) is 2.32. The number of hydrogen-bond acceptors (Lipinski definition) is 4. The van der Waals surface area contributed by atoms with Crippen molar-refractivity contribution in [3.8, 4) is 11.5 Å². The van der Waals surface area contributed by atoms with Crippen LogP contribution in [-0.4, -0.2) is 42.7 Å². The van der Waals surface area contributed by atoms with E-state index in [-0.39, 0.29) is 5.75 Å². The summed E-state index contributed by atoms with van der Waals surface area (Å²) in [6.45, 7) is 3.93. The highest BCUT2D eigenvalue weighted by atomic mass is 19.1. The highest BCUT2D eigenvalue weighted by Crippen LogP contribution is 2.22. The molecule has 0 N–H and O–H groups in total. The van der Waals surface area contributed by atoms with Gasteiger partial charge in [-0.15, -0.1) is 0 Å². The molecular formula is C12H17FN2O2. The van der Waals surface area contributed by atoms with Crippen molar-refractivity contribution in [1.29, 1.82) is 0 Å². The first kappa shape index (κ1) is 12.1. The second kappa shape index (κ2) is 5.31. The van der Waals surface area contributed by atoms with Crippen molar-refractivity contribution in [1.82, 2.24) is 9.88 Å². The van der Waals surface area contributed by atoms with Gasteiger partial charge in [0.2, 0.25) is 0 Å². The maximum atomic E-state index is 13.2. The Morgan fingerprint density at radius 2 is 2.35 bits per heavy atom. The molecule has 2 heterocycles. The molecular weight excluding hydrogens is 223 g/mol. The van der Waals surface area contributed by atoms with Crippen LogP contribution in [0.5, 0.6) is 11.5 Å². The van der Waals surface area contributed by atoms with Crippen LogP contribution in [0.2, 0.25) is 0 Å². The lowest BCUT2D eigenvalue weighted by Gasteiger charge is -2.37. The van der Waals surface area contributed by atoms with E-state index in [1.165, 1.54) is 6.20 Å². The fourth-order valence-electron chi connectivity index (χ4n) is 1.72. The normalized spacial score (nSPS) is 19.8. The van der Waals surface area contributed by atoms with Gasteiger partial charge in [0.05, 0.1) is 12.8 Å². The van der Waals surface area contributed by atoms with Crippen LogP contribution in [0.25, 0.3) is 0 Å². The zero-order valence-corrected chi connectivity index (χ0v) is 10.1. The third kappa shape index (κ3) is 2.85. The van der Waals surface area contributed by atoms with Gasteiger partial charge in [-0.3, -0.25) is 4.90 Å². The topological polar surface area (TPSA) is 34.6 Å². The number of rotatable bonds is 5. The molecule has 0 aliphatic carbocycles. The first-order valence-electron chi connectivity index (χ1n) is 5.82. The zero-order chi connectivity index (χ0) is 12.3. The third-order valence-electron chi connectivity index (χ3n) is 2.96. The molecule has 1 aromatic heterocycles. The van der Waals surface area contributed by atoms with Crippen LogP contribution < -0.4 is 9.47 Å². The van der Waals surface area contributed by atoms with E-state index in [4.69, 9.17) is 9.47 Å². The summed E-state index contributed by atoms with van der Waals surface area (Å²) in [6.07, 6.45) is 2.53. The van der Waals surface area contributed by atoms with E-state index < -0.39 is 5.95 Å². The SMILES string of the molecule is CCOc1cc(OC[C@@H]2CCN2C)cnc1F. The molecule has 94 valence electrons. The summed E-state index contributed by atoms with van der Waals surface area (Å²) in [5.41, 5.74) is 0. The summed E-state index contributed by atoms with van der Waals surface area (Å²) < 4.78 is 23.9. The highest BCUT2D eigenvalue weighted by Gasteiger charge is 2.24. The first-order chi connectivity index (χ1) is 8.20. The molecule has 0 radical (unpaired) electrons. The molecule has 0 aromatic carbocycles. The van der Waals surface area contributed by atoms with Crippen LogP contribution in [0.3, 0.4) is 0 Å². The Hall–Kier alpha value is -1.36. The van der Waals surface area contributed by atoms with Crippen molar-refractivity contribution < 1.29 is 13.9 Å². The van der Waals surface area contributed by atoms with Crippen molar-refractivity contribution in [2.45, 2.75) is 19.4 Å². The standard InChI is InChI=1S/C12H17FN2O2/c1-3-16-11-6-10(7-14-12(11)13)17-8-9-4-5-15(9)2/h6-7,9H,3-5,8H2,1-2H3/t9-/m0/s1. The number of aromatic nitrogens is 1. The minimum atomic E-state index is -0.597. The first-order valence-corrected chi connectivity index (χ1v) is 5.82. The molecule has 2 rings (SSSR count). The lowest BCUT2D eigenvalue weighted by Crippen LogP contribution is -2.48. The second-order valence-corrected chi connectivity index (χ2v) is 4.13. The summed E-state index contributed by atoms with van der Waals surface area (Å²) in [7, 11) is 2.06. The van der Waals surface area contributed by atoms with Gasteiger partial charge in [-0.05, 0) is 26.9 Å². The number of pyridine rings is 1. The lowest BCUT2D eigenvalue weighted by atomic mass is 10.1. The fourth-order valence-corrected chi connectivity index (χ4v) is 1.72. The summed E-state index contributed by atoms with van der Waals surface area (Å²) in [5.74, 6) is 0.0991. The van der Waals surface area contributed by atoms with Gasteiger partial charge in [-0.25, -0.2) is 4.98 Å². The van der Waals surface area contributed by atoms with E-state index in [2.05, 4.69) is 16.9 Å². The number of likely N-dealkylation sites (tertiary alicyclic amines) is 1. The Kier molecular flexibility index (Phi) is 3.78. The smallest absolute Gasteiger partial charge is 0.255 e. The molecule has 1 saturated heterocycles. The molecule has 4 nitrogen and oxygen atoms in total. The minimum absolute atomic E-state index is 0.145. The maximum absolute atomic E-state index is 13.2. The van der Waals surface area contributed by atoms with E-state index in [1.54, 1.807) is 13.0 Å². The number of hydrogen-bond donors (Lipinski definition) is 0. The Bertz CT molecular complexity index is 387. The summed E-state index contributed by atoms with van der Waals surface area (Å²) in [4.78, 5) is 5.83. The summed E-state index contributed by atoms with van der Waals surface area (Å²) >= 11 is 0. The van der Waals surface area contributed by atoms with Gasteiger partial charge in [0, 0.05) is 12.1 Å². The molecule has 0 bridgehead atoms. The molecule has 1 aliphatic heterocycles. The number of nitrogens with zero attached hydrogens (tertiary/aromatic N) is 2. The van der Waals surface area contributed by atoms with Crippen LogP contribution in [0.1, 0.15) is 13.3 Å². The molecule has 1 fully saturated rings. The zero-order valence-electron chi connectivity index (χ0n) is 10.1. The summed E-state index contributed by atoms with van der Waals surface area (Å²) in [6, 6.07) is 2.00. The van der Waals surface area contributed by atoms with E-state index in [1.807, 2.05) is 0 Å². The second-order valence-electron chi connectivity index (χ2n) is 4.13. The molecule has 0 unspecified atom stereocenters. The van der Waals surface area contributed by atoms with Gasteiger partial charge in [0.25, 0.3) is 5.95 Å². The van der Waals surface area contributed by atoms with Crippen LogP contribution in [0.4, 0.5) is 4.39 Å². The Labute approximate surface area is 100 Å². The van der Waals surface area contributed by atoms with Crippen molar-refractivity contribution in [3.05, 3.63) is 18.2 Å². The third-order valence-corrected chi connectivity index (χ3v) is 2.96. The van der Waals surface area contributed by atoms with Gasteiger partial charge in [-0.1, -0.05) is 0 Å². The van der Waals surface area contributed by atoms with Crippen LogP contribution in [0.15, 0.2) is 12.3 Å². The van der Waals surface area contributed by atoms with Gasteiger partial charge in [0.15, 0.2) is 5.75 Å².